The third-order valence-corrected chi connectivity index (χ3v) is 2.02. The van der Waals surface area contributed by atoms with Crippen molar-refractivity contribution in [2.45, 2.75) is 6.10 Å². The first kappa shape index (κ1) is 12.3. The molecule has 1 aromatic carbocycles. The molecule has 0 saturated heterocycles. The number of aliphatic hydroxyl groups is 1. The number of phenolic OH excluding ortho intramolecular Hbond substituents is 1. The van der Waals surface area contributed by atoms with Crippen LogP contribution in [0, 0.1) is 5.82 Å². The van der Waals surface area contributed by atoms with Crippen LogP contribution in [-0.4, -0.2) is 30.4 Å². The summed E-state index contributed by atoms with van der Waals surface area (Å²) >= 11 is 0. The lowest BCUT2D eigenvalue weighted by molar-refractivity contribution is -0.150. The largest absolute Gasteiger partial charge is 0.507 e. The van der Waals surface area contributed by atoms with Crippen LogP contribution in [0.25, 0.3) is 0 Å². The molecule has 0 bridgehead atoms. The summed E-state index contributed by atoms with van der Waals surface area (Å²) in [5.74, 6) is -2.41. The number of carbonyl (C=O) groups is 1. The first-order valence-corrected chi connectivity index (χ1v) is 4.33. The summed E-state index contributed by atoms with van der Waals surface area (Å²) in [5.41, 5.74) is -0.273. The molecule has 16 heavy (non-hydrogen) atoms. The molecular weight excluding hydrogens is 219 g/mol. The first-order valence-electron chi connectivity index (χ1n) is 4.33. The van der Waals surface area contributed by atoms with Crippen LogP contribution in [0.1, 0.15) is 11.7 Å². The van der Waals surface area contributed by atoms with E-state index < -0.39 is 23.6 Å². The van der Waals surface area contributed by atoms with Crippen molar-refractivity contribution >= 4 is 5.97 Å². The Bertz CT molecular complexity index is 404. The molecule has 0 aromatic heterocycles. The van der Waals surface area contributed by atoms with E-state index in [4.69, 9.17) is 0 Å². The molecule has 1 aromatic rings. The topological polar surface area (TPSA) is 76.0 Å². The van der Waals surface area contributed by atoms with Crippen molar-refractivity contribution in [2.24, 2.45) is 0 Å². The summed E-state index contributed by atoms with van der Waals surface area (Å²) in [5, 5.41) is 18.9. The second kappa shape index (κ2) is 4.80. The van der Waals surface area contributed by atoms with Crippen LogP contribution in [-0.2, 0) is 9.53 Å². The van der Waals surface area contributed by atoms with Gasteiger partial charge in [-0.1, -0.05) is 0 Å². The van der Waals surface area contributed by atoms with Crippen LogP contribution in [0.15, 0.2) is 12.1 Å². The number of ether oxygens (including phenoxy) is 2. The zero-order chi connectivity index (χ0) is 12.3. The van der Waals surface area contributed by atoms with E-state index in [1.54, 1.807) is 0 Å². The summed E-state index contributed by atoms with van der Waals surface area (Å²) in [6, 6.07) is 1.78. The fourth-order valence-corrected chi connectivity index (χ4v) is 1.17. The monoisotopic (exact) mass is 230 g/mol. The van der Waals surface area contributed by atoms with Gasteiger partial charge in [0, 0.05) is 11.6 Å². The first-order chi connectivity index (χ1) is 7.51. The summed E-state index contributed by atoms with van der Waals surface area (Å²) < 4.78 is 22.1. The van der Waals surface area contributed by atoms with Crippen molar-refractivity contribution in [3.63, 3.8) is 0 Å². The number of carbonyl (C=O) groups excluding carboxylic acids is 1. The van der Waals surface area contributed by atoms with Crippen LogP contribution < -0.4 is 4.74 Å². The van der Waals surface area contributed by atoms with Gasteiger partial charge >= 0.3 is 5.97 Å². The maximum absolute atomic E-state index is 13.3. The minimum absolute atomic E-state index is 0.182. The number of aliphatic hydroxyl groups excluding tert-OH is 1. The van der Waals surface area contributed by atoms with E-state index >= 15 is 0 Å². The fraction of sp³-hybridized carbons (Fsp3) is 0.300. The van der Waals surface area contributed by atoms with Gasteiger partial charge in [-0.05, 0) is 6.07 Å². The van der Waals surface area contributed by atoms with Crippen LogP contribution in [0.2, 0.25) is 0 Å². The van der Waals surface area contributed by atoms with E-state index in [1.807, 2.05) is 0 Å². The zero-order valence-electron chi connectivity index (χ0n) is 8.73. The van der Waals surface area contributed by atoms with E-state index in [-0.39, 0.29) is 11.3 Å². The number of phenols is 1. The average molecular weight is 230 g/mol. The van der Waals surface area contributed by atoms with Gasteiger partial charge in [-0.2, -0.15) is 0 Å². The highest BCUT2D eigenvalue weighted by atomic mass is 19.1. The maximum atomic E-state index is 13.3. The number of rotatable bonds is 3. The summed E-state index contributed by atoms with van der Waals surface area (Å²) in [7, 11) is 2.30. The van der Waals surface area contributed by atoms with Crippen LogP contribution in [0.4, 0.5) is 4.39 Å². The van der Waals surface area contributed by atoms with Gasteiger partial charge < -0.3 is 19.7 Å². The fourth-order valence-electron chi connectivity index (χ4n) is 1.17. The molecule has 0 spiro atoms. The molecule has 6 heteroatoms. The van der Waals surface area contributed by atoms with E-state index in [9.17, 15) is 19.4 Å². The predicted molar refractivity (Wildman–Crippen MR) is 51.6 cm³/mol. The Balaban J connectivity index is 3.15. The Hall–Kier alpha value is -1.82. The number of esters is 1. The van der Waals surface area contributed by atoms with E-state index in [0.717, 1.165) is 19.2 Å². The van der Waals surface area contributed by atoms with Gasteiger partial charge in [0.05, 0.1) is 14.2 Å². The third kappa shape index (κ3) is 2.22. The predicted octanol–water partition coefficient (Wildman–Crippen LogP) is 0.746. The summed E-state index contributed by atoms with van der Waals surface area (Å²) in [6.07, 6.45) is -1.73. The minimum atomic E-state index is -1.73. The minimum Gasteiger partial charge on any atom is -0.507 e. The van der Waals surface area contributed by atoms with Crippen molar-refractivity contribution in [3.8, 4) is 11.5 Å². The van der Waals surface area contributed by atoms with Gasteiger partial charge in [-0.3, -0.25) is 0 Å². The molecule has 0 saturated carbocycles. The quantitative estimate of drug-likeness (QED) is 0.749. The van der Waals surface area contributed by atoms with Gasteiger partial charge in [0.1, 0.15) is 5.75 Å². The van der Waals surface area contributed by atoms with E-state index in [2.05, 4.69) is 9.47 Å². The second-order valence-corrected chi connectivity index (χ2v) is 2.97. The molecular formula is C10H11FO5. The highest BCUT2D eigenvalue weighted by Gasteiger charge is 2.23. The highest BCUT2D eigenvalue weighted by molar-refractivity contribution is 5.77. The van der Waals surface area contributed by atoms with Crippen molar-refractivity contribution in [2.75, 3.05) is 14.2 Å². The standard InChI is InChI=1S/C10H11FO5/c1-15-8-4-7(12)5(3-6(8)11)9(13)10(14)16-2/h3-4,9,12-13H,1-2H3. The number of methoxy groups -OCH3 is 2. The molecule has 0 fully saturated rings. The molecule has 0 amide bonds. The van der Waals surface area contributed by atoms with Gasteiger partial charge in [0.25, 0.3) is 0 Å². The Kier molecular flexibility index (Phi) is 3.68. The smallest absolute Gasteiger partial charge is 0.339 e. The van der Waals surface area contributed by atoms with Gasteiger partial charge in [-0.25, -0.2) is 9.18 Å². The summed E-state index contributed by atoms with van der Waals surface area (Å²) in [6.45, 7) is 0. The molecule has 0 aliphatic rings. The molecule has 2 N–H and O–H groups in total. The second-order valence-electron chi connectivity index (χ2n) is 2.97. The number of aromatic hydroxyl groups is 1. The number of halogens is 1. The average Bonchev–Trinajstić information content (AvgIpc) is 2.29. The molecule has 0 aliphatic heterocycles. The molecule has 0 heterocycles. The van der Waals surface area contributed by atoms with E-state index in [1.165, 1.54) is 7.11 Å². The van der Waals surface area contributed by atoms with Crippen molar-refractivity contribution in [3.05, 3.63) is 23.5 Å². The van der Waals surface area contributed by atoms with Crippen LogP contribution in [0.3, 0.4) is 0 Å². The normalized spacial score (nSPS) is 12.0. The van der Waals surface area contributed by atoms with Crippen molar-refractivity contribution < 1.29 is 28.9 Å². The number of hydrogen-bond donors (Lipinski definition) is 2. The molecule has 1 atom stereocenters. The van der Waals surface area contributed by atoms with E-state index in [0.29, 0.717) is 0 Å². The SMILES string of the molecule is COC(=O)C(O)c1cc(F)c(OC)cc1O. The number of hydrogen-bond acceptors (Lipinski definition) is 5. The Labute approximate surface area is 91.0 Å². The van der Waals surface area contributed by atoms with Gasteiger partial charge in [-0.15, -0.1) is 0 Å². The molecule has 88 valence electrons. The molecule has 1 rings (SSSR count). The molecule has 1 unspecified atom stereocenters. The van der Waals surface area contributed by atoms with Crippen LogP contribution in [0.5, 0.6) is 11.5 Å². The zero-order valence-corrected chi connectivity index (χ0v) is 8.73. The van der Waals surface area contributed by atoms with Crippen molar-refractivity contribution in [1.82, 2.24) is 0 Å². The van der Waals surface area contributed by atoms with Crippen LogP contribution >= 0.6 is 0 Å². The Morgan fingerprint density at radius 3 is 2.56 bits per heavy atom. The lowest BCUT2D eigenvalue weighted by Crippen LogP contribution is -2.14. The van der Waals surface area contributed by atoms with Gasteiger partial charge in [0.2, 0.25) is 0 Å². The lowest BCUT2D eigenvalue weighted by Gasteiger charge is -2.12. The maximum Gasteiger partial charge on any atom is 0.339 e. The Morgan fingerprint density at radius 1 is 1.44 bits per heavy atom. The van der Waals surface area contributed by atoms with Gasteiger partial charge in [0.15, 0.2) is 17.7 Å². The summed E-state index contributed by atoms with van der Waals surface area (Å²) in [4.78, 5) is 11.0. The number of benzene rings is 1. The Morgan fingerprint density at radius 2 is 2.06 bits per heavy atom. The molecule has 0 radical (unpaired) electrons. The third-order valence-electron chi connectivity index (χ3n) is 2.02. The lowest BCUT2D eigenvalue weighted by atomic mass is 10.1. The van der Waals surface area contributed by atoms with Crippen molar-refractivity contribution in [1.29, 1.82) is 0 Å². The molecule has 0 aliphatic carbocycles. The molecule has 5 nitrogen and oxygen atoms in total. The highest BCUT2D eigenvalue weighted by Crippen LogP contribution is 2.31.